The molecule has 1 aromatic carbocycles. The van der Waals surface area contributed by atoms with Crippen molar-refractivity contribution in [2.75, 3.05) is 6.79 Å². The van der Waals surface area contributed by atoms with E-state index in [1.54, 1.807) is 6.08 Å². The highest BCUT2D eigenvalue weighted by molar-refractivity contribution is 6.07. The summed E-state index contributed by atoms with van der Waals surface area (Å²) in [4.78, 5) is 16.7. The molecule has 0 radical (unpaired) electrons. The number of rotatable bonds is 4. The molecule has 4 rings (SSSR count). The van der Waals surface area contributed by atoms with Crippen molar-refractivity contribution in [3.05, 3.63) is 29.5 Å². The second-order valence-corrected chi connectivity index (χ2v) is 6.99. The lowest BCUT2D eigenvalue weighted by molar-refractivity contribution is -0.130. The zero-order chi connectivity index (χ0) is 17.2. The quantitative estimate of drug-likeness (QED) is 0.604. The Morgan fingerprint density at radius 3 is 2.76 bits per heavy atom. The number of benzene rings is 1. The Morgan fingerprint density at radius 2 is 1.96 bits per heavy atom. The van der Waals surface area contributed by atoms with E-state index >= 15 is 0 Å². The highest BCUT2D eigenvalue weighted by Gasteiger charge is 2.32. The molecule has 5 nitrogen and oxygen atoms in total. The van der Waals surface area contributed by atoms with Crippen LogP contribution < -0.4 is 9.47 Å². The van der Waals surface area contributed by atoms with E-state index in [0.717, 1.165) is 30.1 Å². The van der Waals surface area contributed by atoms with Crippen LogP contribution in [0.2, 0.25) is 0 Å². The predicted octanol–water partition coefficient (Wildman–Crippen LogP) is 4.32. The summed E-state index contributed by atoms with van der Waals surface area (Å²) in [5.74, 6) is 2.76. The minimum atomic E-state index is -0.358. The molecule has 2 heterocycles. The molecule has 1 aromatic rings. The van der Waals surface area contributed by atoms with Gasteiger partial charge in [-0.05, 0) is 55.4 Å². The third-order valence-corrected chi connectivity index (χ3v) is 5.23. The number of hydrogen-bond acceptors (Lipinski definition) is 5. The van der Waals surface area contributed by atoms with E-state index in [9.17, 15) is 4.79 Å². The number of aliphatic imine (C=N–C) groups is 1. The van der Waals surface area contributed by atoms with Crippen molar-refractivity contribution >= 4 is 17.9 Å². The predicted molar refractivity (Wildman–Crippen MR) is 94.4 cm³/mol. The lowest BCUT2D eigenvalue weighted by Gasteiger charge is -2.27. The van der Waals surface area contributed by atoms with Gasteiger partial charge in [0.25, 0.3) is 0 Å². The van der Waals surface area contributed by atoms with Gasteiger partial charge in [0.2, 0.25) is 12.7 Å². The van der Waals surface area contributed by atoms with Crippen LogP contribution in [0.25, 0.3) is 6.08 Å². The highest BCUT2D eigenvalue weighted by Crippen LogP contribution is 2.35. The van der Waals surface area contributed by atoms with Crippen LogP contribution in [0.3, 0.4) is 0 Å². The van der Waals surface area contributed by atoms with Gasteiger partial charge < -0.3 is 14.2 Å². The molecule has 0 N–H and O–H groups in total. The van der Waals surface area contributed by atoms with Gasteiger partial charge in [0.1, 0.15) is 0 Å². The number of hydrogen-bond donors (Lipinski definition) is 0. The maximum atomic E-state index is 12.2. The smallest absolute Gasteiger partial charge is 0.363 e. The Bertz CT molecular complexity index is 729. The lowest BCUT2D eigenvalue weighted by atomic mass is 9.80. The summed E-state index contributed by atoms with van der Waals surface area (Å²) in [7, 11) is 0. The first-order chi connectivity index (χ1) is 12.2. The van der Waals surface area contributed by atoms with Crippen molar-refractivity contribution in [2.45, 2.75) is 45.4 Å². The summed E-state index contributed by atoms with van der Waals surface area (Å²) in [6.45, 7) is 2.47. The zero-order valence-electron chi connectivity index (χ0n) is 14.5. The van der Waals surface area contributed by atoms with Gasteiger partial charge in [-0.15, -0.1) is 0 Å². The van der Waals surface area contributed by atoms with Crippen LogP contribution in [0.1, 0.15) is 51.0 Å². The van der Waals surface area contributed by atoms with Crippen LogP contribution in [0.4, 0.5) is 0 Å². The van der Waals surface area contributed by atoms with Crippen LogP contribution in [-0.4, -0.2) is 18.7 Å². The van der Waals surface area contributed by atoms with E-state index in [1.165, 1.54) is 25.7 Å². The average molecular weight is 341 g/mol. The van der Waals surface area contributed by atoms with Crippen LogP contribution in [0.5, 0.6) is 11.5 Å². The molecule has 132 valence electrons. The molecule has 25 heavy (non-hydrogen) atoms. The van der Waals surface area contributed by atoms with Gasteiger partial charge in [-0.25, -0.2) is 9.79 Å². The standard InChI is InChI=1S/C20H23NO4/c1-2-3-13-4-7-15(8-5-13)19-21-16(20(22)25-19)10-14-6-9-17-18(11-14)24-12-23-17/h6,9-11,13,15H,2-5,7-8,12H2,1H3. The number of carbonyl (C=O) groups is 1. The second kappa shape index (κ2) is 6.90. The Hall–Kier alpha value is -2.30. The van der Waals surface area contributed by atoms with Gasteiger partial charge in [0, 0.05) is 5.92 Å². The van der Waals surface area contributed by atoms with Gasteiger partial charge in [0.05, 0.1) is 0 Å². The van der Waals surface area contributed by atoms with E-state index in [4.69, 9.17) is 14.2 Å². The summed E-state index contributed by atoms with van der Waals surface area (Å²) in [6.07, 6.45) is 8.83. The van der Waals surface area contributed by atoms with Crippen molar-refractivity contribution in [1.29, 1.82) is 0 Å². The summed E-state index contributed by atoms with van der Waals surface area (Å²) >= 11 is 0. The van der Waals surface area contributed by atoms with Crippen LogP contribution in [-0.2, 0) is 9.53 Å². The highest BCUT2D eigenvalue weighted by atomic mass is 16.7. The Labute approximate surface area is 147 Å². The third kappa shape index (κ3) is 3.41. The van der Waals surface area contributed by atoms with Gasteiger partial charge in [-0.3, -0.25) is 0 Å². The topological polar surface area (TPSA) is 57.1 Å². The summed E-state index contributed by atoms with van der Waals surface area (Å²) in [5, 5.41) is 0. The van der Waals surface area contributed by atoms with E-state index in [-0.39, 0.29) is 18.7 Å². The number of nitrogens with zero attached hydrogens (tertiary/aromatic N) is 1. The van der Waals surface area contributed by atoms with Gasteiger partial charge >= 0.3 is 5.97 Å². The molecule has 0 unspecified atom stereocenters. The molecule has 1 aliphatic carbocycles. The number of cyclic esters (lactones) is 1. The number of ether oxygens (including phenoxy) is 3. The van der Waals surface area contributed by atoms with Crippen molar-refractivity contribution in [2.24, 2.45) is 16.8 Å². The normalized spacial score (nSPS) is 26.7. The summed E-state index contributed by atoms with van der Waals surface area (Å²) in [6, 6.07) is 5.58. The molecule has 2 aliphatic heterocycles. The Kier molecular flexibility index (Phi) is 4.47. The average Bonchev–Trinajstić information content (AvgIpc) is 3.22. The molecule has 0 saturated heterocycles. The Balaban J connectivity index is 1.47. The number of carbonyl (C=O) groups excluding carboxylic acids is 1. The lowest BCUT2D eigenvalue weighted by Crippen LogP contribution is -2.22. The first-order valence-corrected chi connectivity index (χ1v) is 9.15. The minimum absolute atomic E-state index is 0.237. The first kappa shape index (κ1) is 16.2. The summed E-state index contributed by atoms with van der Waals surface area (Å²) < 4.78 is 16.1. The van der Waals surface area contributed by atoms with Crippen LogP contribution >= 0.6 is 0 Å². The van der Waals surface area contributed by atoms with Gasteiger partial charge in [-0.2, -0.15) is 0 Å². The fourth-order valence-electron chi connectivity index (χ4n) is 3.87. The summed E-state index contributed by atoms with van der Waals surface area (Å²) in [5.41, 5.74) is 1.22. The van der Waals surface area contributed by atoms with Crippen molar-refractivity contribution in [3.8, 4) is 11.5 Å². The molecule has 0 amide bonds. The molecule has 0 bridgehead atoms. The number of fused-ring (bicyclic) bond motifs is 1. The fraction of sp³-hybridized carbons (Fsp3) is 0.500. The van der Waals surface area contributed by atoms with E-state index < -0.39 is 0 Å². The molecule has 0 atom stereocenters. The SMILES string of the molecule is CCCC1CCC(C2=NC(=Cc3ccc4c(c3)OCO4)C(=O)O2)CC1. The third-order valence-electron chi connectivity index (χ3n) is 5.23. The maximum absolute atomic E-state index is 12.2. The molecular weight excluding hydrogens is 318 g/mol. The van der Waals surface area contributed by atoms with Crippen LogP contribution in [0, 0.1) is 11.8 Å². The molecule has 3 aliphatic rings. The monoisotopic (exact) mass is 341 g/mol. The maximum Gasteiger partial charge on any atom is 0.363 e. The number of esters is 1. The van der Waals surface area contributed by atoms with Crippen molar-refractivity contribution in [1.82, 2.24) is 0 Å². The second-order valence-electron chi connectivity index (χ2n) is 6.99. The first-order valence-electron chi connectivity index (χ1n) is 9.15. The zero-order valence-corrected chi connectivity index (χ0v) is 14.5. The minimum Gasteiger partial charge on any atom is -0.454 e. The van der Waals surface area contributed by atoms with Gasteiger partial charge in [0.15, 0.2) is 17.2 Å². The fourth-order valence-corrected chi connectivity index (χ4v) is 3.87. The van der Waals surface area contributed by atoms with Gasteiger partial charge in [-0.1, -0.05) is 25.8 Å². The molecule has 0 aromatic heterocycles. The molecule has 1 fully saturated rings. The largest absolute Gasteiger partial charge is 0.454 e. The Morgan fingerprint density at radius 1 is 1.16 bits per heavy atom. The van der Waals surface area contributed by atoms with Crippen molar-refractivity contribution in [3.63, 3.8) is 0 Å². The van der Waals surface area contributed by atoms with Crippen LogP contribution in [0.15, 0.2) is 28.9 Å². The molecule has 0 spiro atoms. The van der Waals surface area contributed by atoms with E-state index in [0.29, 0.717) is 17.3 Å². The van der Waals surface area contributed by atoms with E-state index in [2.05, 4.69) is 11.9 Å². The molecule has 1 saturated carbocycles. The molecule has 5 heteroatoms. The van der Waals surface area contributed by atoms with E-state index in [1.807, 2.05) is 18.2 Å². The van der Waals surface area contributed by atoms with Crippen molar-refractivity contribution < 1.29 is 19.0 Å². The molecular formula is C20H23NO4.